The van der Waals surface area contributed by atoms with E-state index in [4.69, 9.17) is 10.2 Å². The minimum Gasteiger partial charge on any atom is -0.481 e. The molecule has 4 nitrogen and oxygen atoms in total. The Morgan fingerprint density at radius 1 is 0.731 bits per heavy atom. The van der Waals surface area contributed by atoms with E-state index in [-0.39, 0.29) is 6.42 Å². The summed E-state index contributed by atoms with van der Waals surface area (Å²) in [7, 11) is 0. The summed E-state index contributed by atoms with van der Waals surface area (Å²) in [4.78, 5) is 21.6. The number of carboxylic acids is 2. The van der Waals surface area contributed by atoms with E-state index in [1.807, 2.05) is 0 Å². The van der Waals surface area contributed by atoms with Crippen molar-refractivity contribution in [2.24, 2.45) is 5.92 Å². The molecule has 0 aliphatic rings. The van der Waals surface area contributed by atoms with Crippen LogP contribution in [0.4, 0.5) is 0 Å². The molecule has 0 bridgehead atoms. The van der Waals surface area contributed by atoms with Crippen molar-refractivity contribution in [3.63, 3.8) is 0 Å². The summed E-state index contributed by atoms with van der Waals surface area (Å²) >= 11 is 0. The van der Waals surface area contributed by atoms with Gasteiger partial charge in [-0.3, -0.25) is 9.59 Å². The van der Waals surface area contributed by atoms with Gasteiger partial charge in [-0.05, 0) is 32.1 Å². The molecule has 0 heterocycles. The van der Waals surface area contributed by atoms with Crippen LogP contribution in [0.3, 0.4) is 0 Å². The molecule has 0 saturated heterocycles. The summed E-state index contributed by atoms with van der Waals surface area (Å²) in [5, 5.41) is 17.7. The van der Waals surface area contributed by atoms with Gasteiger partial charge in [-0.25, -0.2) is 0 Å². The van der Waals surface area contributed by atoms with Gasteiger partial charge in [0.25, 0.3) is 0 Å². The first-order valence-electron chi connectivity index (χ1n) is 10.7. The van der Waals surface area contributed by atoms with E-state index in [2.05, 4.69) is 19.1 Å². The Morgan fingerprint density at radius 3 is 1.65 bits per heavy atom. The minimum absolute atomic E-state index is 0.263. The average Bonchev–Trinajstić information content (AvgIpc) is 2.59. The third kappa shape index (κ3) is 17.5. The highest BCUT2D eigenvalue weighted by molar-refractivity contribution is 5.77. The van der Waals surface area contributed by atoms with Gasteiger partial charge >= 0.3 is 11.9 Å². The van der Waals surface area contributed by atoms with Gasteiger partial charge in [0.2, 0.25) is 0 Å². The fraction of sp³-hybridized carbons (Fsp3) is 0.818. The molecule has 0 saturated carbocycles. The van der Waals surface area contributed by atoms with E-state index < -0.39 is 17.9 Å². The molecule has 0 radical (unpaired) electrons. The van der Waals surface area contributed by atoms with Crippen LogP contribution in [0.15, 0.2) is 12.2 Å². The molecule has 152 valence electrons. The number of aliphatic carboxylic acids is 2. The van der Waals surface area contributed by atoms with Crippen molar-refractivity contribution in [1.82, 2.24) is 0 Å². The zero-order chi connectivity index (χ0) is 19.5. The summed E-state index contributed by atoms with van der Waals surface area (Å²) in [6.45, 7) is 2.25. The lowest BCUT2D eigenvalue weighted by Gasteiger charge is -2.09. The molecular formula is C22H40O4. The first kappa shape index (κ1) is 24.7. The summed E-state index contributed by atoms with van der Waals surface area (Å²) in [5.41, 5.74) is 0. The maximum Gasteiger partial charge on any atom is 0.307 e. The Morgan fingerprint density at radius 2 is 1.19 bits per heavy atom. The molecule has 1 unspecified atom stereocenters. The SMILES string of the molecule is CCCCCCCC/C=C/CCCCCCCCC(CC(=O)O)C(=O)O. The van der Waals surface area contributed by atoms with Crippen LogP contribution in [0.1, 0.15) is 110 Å². The summed E-state index contributed by atoms with van der Waals surface area (Å²) in [6, 6.07) is 0. The molecule has 0 spiro atoms. The fourth-order valence-corrected chi connectivity index (χ4v) is 3.16. The lowest BCUT2D eigenvalue weighted by atomic mass is 9.97. The van der Waals surface area contributed by atoms with Crippen molar-refractivity contribution in [1.29, 1.82) is 0 Å². The van der Waals surface area contributed by atoms with Crippen molar-refractivity contribution in [2.45, 2.75) is 110 Å². The van der Waals surface area contributed by atoms with Crippen LogP contribution in [0.5, 0.6) is 0 Å². The molecule has 0 aliphatic carbocycles. The van der Waals surface area contributed by atoms with Crippen LogP contribution in [-0.2, 0) is 9.59 Å². The number of unbranched alkanes of at least 4 members (excludes halogenated alkanes) is 12. The third-order valence-electron chi connectivity index (χ3n) is 4.83. The van der Waals surface area contributed by atoms with Crippen LogP contribution in [-0.4, -0.2) is 22.2 Å². The minimum atomic E-state index is -1.03. The molecule has 4 heteroatoms. The molecule has 1 atom stereocenters. The smallest absolute Gasteiger partial charge is 0.307 e. The molecule has 0 rings (SSSR count). The molecular weight excluding hydrogens is 328 g/mol. The standard InChI is InChI=1S/C22H40O4/c1-2-3-4-5-6-7-8-9-10-11-12-13-14-15-16-17-18-20(22(25)26)19-21(23)24/h9-10,20H,2-8,11-19H2,1H3,(H,23,24)(H,25,26)/b10-9+. The average molecular weight is 369 g/mol. The zero-order valence-corrected chi connectivity index (χ0v) is 16.8. The fourth-order valence-electron chi connectivity index (χ4n) is 3.16. The Kier molecular flexibility index (Phi) is 17.5. The van der Waals surface area contributed by atoms with Gasteiger partial charge in [-0.1, -0.05) is 83.3 Å². The van der Waals surface area contributed by atoms with Gasteiger partial charge in [0, 0.05) is 0 Å². The number of allylic oxidation sites excluding steroid dienone is 2. The molecule has 0 aromatic rings. The van der Waals surface area contributed by atoms with Gasteiger partial charge in [0.05, 0.1) is 12.3 Å². The molecule has 0 aromatic carbocycles. The van der Waals surface area contributed by atoms with Crippen LogP contribution < -0.4 is 0 Å². The number of hydrogen-bond donors (Lipinski definition) is 2. The van der Waals surface area contributed by atoms with Crippen molar-refractivity contribution in [3.05, 3.63) is 12.2 Å². The van der Waals surface area contributed by atoms with Crippen LogP contribution in [0.25, 0.3) is 0 Å². The number of hydrogen-bond acceptors (Lipinski definition) is 2. The molecule has 0 aromatic heterocycles. The first-order valence-corrected chi connectivity index (χ1v) is 10.7. The highest BCUT2D eigenvalue weighted by Gasteiger charge is 2.20. The van der Waals surface area contributed by atoms with Crippen molar-refractivity contribution >= 4 is 11.9 Å². The molecule has 2 N–H and O–H groups in total. The van der Waals surface area contributed by atoms with E-state index in [9.17, 15) is 9.59 Å². The molecule has 26 heavy (non-hydrogen) atoms. The maximum absolute atomic E-state index is 11.0. The van der Waals surface area contributed by atoms with Crippen molar-refractivity contribution in [2.75, 3.05) is 0 Å². The largest absolute Gasteiger partial charge is 0.481 e. The third-order valence-corrected chi connectivity index (χ3v) is 4.83. The highest BCUT2D eigenvalue weighted by atomic mass is 16.4. The predicted octanol–water partition coefficient (Wildman–Crippen LogP) is 6.59. The van der Waals surface area contributed by atoms with E-state index in [0.717, 1.165) is 25.7 Å². The Labute approximate surface area is 160 Å². The number of rotatable bonds is 19. The summed E-state index contributed by atoms with van der Waals surface area (Å²) in [6.07, 6.45) is 21.9. The Balaban J connectivity index is 3.36. The number of carboxylic acid groups (broad SMARTS) is 2. The van der Waals surface area contributed by atoms with Gasteiger partial charge in [-0.15, -0.1) is 0 Å². The Bertz CT molecular complexity index is 376. The van der Waals surface area contributed by atoms with E-state index >= 15 is 0 Å². The lowest BCUT2D eigenvalue weighted by molar-refractivity contribution is -0.148. The summed E-state index contributed by atoms with van der Waals surface area (Å²) < 4.78 is 0. The van der Waals surface area contributed by atoms with Gasteiger partial charge < -0.3 is 10.2 Å². The second-order valence-corrected chi connectivity index (χ2v) is 7.36. The zero-order valence-electron chi connectivity index (χ0n) is 16.8. The van der Waals surface area contributed by atoms with Crippen LogP contribution in [0.2, 0.25) is 0 Å². The van der Waals surface area contributed by atoms with Crippen molar-refractivity contribution < 1.29 is 19.8 Å². The van der Waals surface area contributed by atoms with E-state index in [1.54, 1.807) is 0 Å². The van der Waals surface area contributed by atoms with E-state index in [1.165, 1.54) is 64.2 Å². The molecule has 0 aliphatic heterocycles. The normalized spacial score (nSPS) is 12.5. The lowest BCUT2D eigenvalue weighted by Crippen LogP contribution is -2.17. The van der Waals surface area contributed by atoms with Crippen LogP contribution in [0, 0.1) is 5.92 Å². The van der Waals surface area contributed by atoms with Crippen molar-refractivity contribution in [3.8, 4) is 0 Å². The predicted molar refractivity (Wildman–Crippen MR) is 107 cm³/mol. The van der Waals surface area contributed by atoms with E-state index in [0.29, 0.717) is 6.42 Å². The van der Waals surface area contributed by atoms with Crippen LogP contribution >= 0.6 is 0 Å². The first-order chi connectivity index (χ1) is 12.6. The number of carbonyl (C=O) groups is 2. The quantitative estimate of drug-likeness (QED) is 0.199. The highest BCUT2D eigenvalue weighted by Crippen LogP contribution is 2.16. The second kappa shape index (κ2) is 18.5. The molecule has 0 amide bonds. The Hall–Kier alpha value is -1.32. The molecule has 0 fully saturated rings. The summed E-state index contributed by atoms with van der Waals surface area (Å²) in [5.74, 6) is -2.74. The topological polar surface area (TPSA) is 74.6 Å². The monoisotopic (exact) mass is 368 g/mol. The van der Waals surface area contributed by atoms with Gasteiger partial charge in [0.1, 0.15) is 0 Å². The van der Waals surface area contributed by atoms with Gasteiger partial charge in [0.15, 0.2) is 0 Å². The second-order valence-electron chi connectivity index (χ2n) is 7.36. The maximum atomic E-state index is 11.0. The van der Waals surface area contributed by atoms with Gasteiger partial charge in [-0.2, -0.15) is 0 Å².